The van der Waals surface area contributed by atoms with E-state index in [2.05, 4.69) is 16.9 Å². The fourth-order valence-corrected chi connectivity index (χ4v) is 1.62. The van der Waals surface area contributed by atoms with Crippen LogP contribution in [0.4, 0.5) is 5.95 Å². The monoisotopic (exact) mass is 229 g/mol. The Hall–Kier alpha value is -2.23. The summed E-state index contributed by atoms with van der Waals surface area (Å²) in [4.78, 5) is 4.25. The first-order valence-corrected chi connectivity index (χ1v) is 5.38. The van der Waals surface area contributed by atoms with Crippen molar-refractivity contribution in [3.63, 3.8) is 0 Å². The van der Waals surface area contributed by atoms with E-state index >= 15 is 0 Å². The zero-order valence-electron chi connectivity index (χ0n) is 9.76. The standard InChI is InChI=1S/C13H15N3O/c1-3-8-14-13-15-9-10-16(13)11-6-4-5-7-12(11)17-2/h3-7,9-10H,1,8H2,2H3,(H,14,15). The molecule has 0 atom stereocenters. The van der Waals surface area contributed by atoms with Crippen LogP contribution in [-0.4, -0.2) is 23.2 Å². The van der Waals surface area contributed by atoms with E-state index in [1.54, 1.807) is 19.4 Å². The van der Waals surface area contributed by atoms with Crippen molar-refractivity contribution in [2.75, 3.05) is 19.0 Å². The maximum absolute atomic E-state index is 5.33. The molecule has 0 fully saturated rings. The largest absolute Gasteiger partial charge is 0.495 e. The van der Waals surface area contributed by atoms with Crippen LogP contribution in [0, 0.1) is 0 Å². The second-order valence-electron chi connectivity index (χ2n) is 3.46. The topological polar surface area (TPSA) is 39.1 Å². The predicted octanol–water partition coefficient (Wildman–Crippen LogP) is 2.48. The van der Waals surface area contributed by atoms with Crippen LogP contribution in [-0.2, 0) is 0 Å². The zero-order chi connectivity index (χ0) is 12.1. The number of nitrogens with one attached hydrogen (secondary N) is 1. The number of imidazole rings is 1. The van der Waals surface area contributed by atoms with E-state index in [1.165, 1.54) is 0 Å². The van der Waals surface area contributed by atoms with Crippen LogP contribution in [0.5, 0.6) is 5.75 Å². The minimum absolute atomic E-state index is 0.673. The van der Waals surface area contributed by atoms with Gasteiger partial charge < -0.3 is 10.1 Å². The highest BCUT2D eigenvalue weighted by Crippen LogP contribution is 2.24. The number of benzene rings is 1. The summed E-state index contributed by atoms with van der Waals surface area (Å²) in [6.45, 7) is 4.34. The maximum atomic E-state index is 5.33. The van der Waals surface area contributed by atoms with Crippen LogP contribution in [0.3, 0.4) is 0 Å². The first kappa shape index (κ1) is 11.3. The number of ether oxygens (including phenoxy) is 1. The third-order valence-corrected chi connectivity index (χ3v) is 2.39. The van der Waals surface area contributed by atoms with Crippen molar-refractivity contribution in [1.82, 2.24) is 9.55 Å². The molecule has 1 N–H and O–H groups in total. The molecule has 1 aromatic carbocycles. The normalized spacial score (nSPS) is 9.94. The van der Waals surface area contributed by atoms with Gasteiger partial charge in [-0.15, -0.1) is 6.58 Å². The number of nitrogens with zero attached hydrogens (tertiary/aromatic N) is 2. The fraction of sp³-hybridized carbons (Fsp3) is 0.154. The third-order valence-electron chi connectivity index (χ3n) is 2.39. The molecule has 0 aliphatic rings. The van der Waals surface area contributed by atoms with Gasteiger partial charge in [0.15, 0.2) is 0 Å². The molecule has 0 amide bonds. The van der Waals surface area contributed by atoms with Crippen LogP contribution in [0.1, 0.15) is 0 Å². The molecule has 1 aromatic heterocycles. The van der Waals surface area contributed by atoms with Gasteiger partial charge in [0.05, 0.1) is 12.8 Å². The summed E-state index contributed by atoms with van der Waals surface area (Å²) in [5, 5.41) is 3.17. The molecule has 0 saturated heterocycles. The summed E-state index contributed by atoms with van der Waals surface area (Å²) in [7, 11) is 1.66. The van der Waals surface area contributed by atoms with E-state index < -0.39 is 0 Å². The summed E-state index contributed by atoms with van der Waals surface area (Å²) in [5.41, 5.74) is 0.957. The number of rotatable bonds is 5. The molecule has 0 unspecified atom stereocenters. The Bertz CT molecular complexity index is 505. The number of aromatic nitrogens is 2. The molecule has 0 bridgehead atoms. The lowest BCUT2D eigenvalue weighted by Crippen LogP contribution is -2.06. The summed E-state index contributed by atoms with van der Waals surface area (Å²) in [5.74, 6) is 1.58. The summed E-state index contributed by atoms with van der Waals surface area (Å²) in [6, 6.07) is 7.82. The van der Waals surface area contributed by atoms with Gasteiger partial charge >= 0.3 is 0 Å². The molecule has 88 valence electrons. The van der Waals surface area contributed by atoms with E-state index in [0.29, 0.717) is 6.54 Å². The third kappa shape index (κ3) is 2.30. The highest BCUT2D eigenvalue weighted by atomic mass is 16.5. The van der Waals surface area contributed by atoms with Gasteiger partial charge in [0.1, 0.15) is 5.75 Å². The summed E-state index contributed by atoms with van der Waals surface area (Å²) < 4.78 is 7.28. The Morgan fingerprint density at radius 2 is 2.29 bits per heavy atom. The minimum atomic E-state index is 0.673. The lowest BCUT2D eigenvalue weighted by molar-refractivity contribution is 0.413. The number of para-hydroxylation sites is 2. The van der Waals surface area contributed by atoms with Crippen molar-refractivity contribution in [3.8, 4) is 11.4 Å². The summed E-state index contributed by atoms with van der Waals surface area (Å²) >= 11 is 0. The Balaban J connectivity index is 2.38. The Kier molecular flexibility index (Phi) is 3.45. The minimum Gasteiger partial charge on any atom is -0.495 e. The molecule has 0 aliphatic heterocycles. The van der Waals surface area contributed by atoms with E-state index in [1.807, 2.05) is 35.0 Å². The van der Waals surface area contributed by atoms with Crippen molar-refractivity contribution < 1.29 is 4.74 Å². The quantitative estimate of drug-likeness (QED) is 0.800. The summed E-state index contributed by atoms with van der Waals surface area (Å²) in [6.07, 6.45) is 5.43. The van der Waals surface area contributed by atoms with Gasteiger partial charge in [-0.05, 0) is 12.1 Å². The van der Waals surface area contributed by atoms with Crippen LogP contribution >= 0.6 is 0 Å². The number of hydrogen-bond acceptors (Lipinski definition) is 3. The average Bonchev–Trinajstić information content (AvgIpc) is 2.84. The van der Waals surface area contributed by atoms with Crippen molar-refractivity contribution >= 4 is 5.95 Å². The lowest BCUT2D eigenvalue weighted by atomic mass is 10.3. The first-order chi connectivity index (χ1) is 8.36. The number of methoxy groups -OCH3 is 1. The Morgan fingerprint density at radius 3 is 3.06 bits per heavy atom. The van der Waals surface area contributed by atoms with Crippen molar-refractivity contribution in [3.05, 3.63) is 49.3 Å². The second-order valence-corrected chi connectivity index (χ2v) is 3.46. The zero-order valence-corrected chi connectivity index (χ0v) is 9.76. The number of hydrogen-bond donors (Lipinski definition) is 1. The lowest BCUT2D eigenvalue weighted by Gasteiger charge is -2.12. The van der Waals surface area contributed by atoms with Crippen LogP contribution in [0.25, 0.3) is 5.69 Å². The second kappa shape index (κ2) is 5.21. The van der Waals surface area contributed by atoms with Gasteiger partial charge in [0.2, 0.25) is 5.95 Å². The molecule has 2 aromatic rings. The molecule has 1 heterocycles. The Labute approximate surface area is 101 Å². The van der Waals surface area contributed by atoms with Gasteiger partial charge in [-0.3, -0.25) is 4.57 Å². The van der Waals surface area contributed by atoms with Crippen molar-refractivity contribution in [2.24, 2.45) is 0 Å². The highest BCUT2D eigenvalue weighted by molar-refractivity contribution is 5.51. The molecule has 4 heteroatoms. The van der Waals surface area contributed by atoms with E-state index in [0.717, 1.165) is 17.4 Å². The SMILES string of the molecule is C=CCNc1nccn1-c1ccccc1OC. The molecule has 2 rings (SSSR count). The van der Waals surface area contributed by atoms with Crippen LogP contribution < -0.4 is 10.1 Å². The molecular weight excluding hydrogens is 214 g/mol. The highest BCUT2D eigenvalue weighted by Gasteiger charge is 2.08. The average molecular weight is 229 g/mol. The Morgan fingerprint density at radius 1 is 1.47 bits per heavy atom. The van der Waals surface area contributed by atoms with Crippen LogP contribution in [0.15, 0.2) is 49.3 Å². The van der Waals surface area contributed by atoms with E-state index in [9.17, 15) is 0 Å². The van der Waals surface area contributed by atoms with E-state index in [-0.39, 0.29) is 0 Å². The number of anilines is 1. The van der Waals surface area contributed by atoms with Gasteiger partial charge in [0, 0.05) is 18.9 Å². The van der Waals surface area contributed by atoms with E-state index in [4.69, 9.17) is 4.74 Å². The predicted molar refractivity (Wildman–Crippen MR) is 68.8 cm³/mol. The van der Waals surface area contributed by atoms with Gasteiger partial charge in [0.25, 0.3) is 0 Å². The van der Waals surface area contributed by atoms with Crippen LogP contribution in [0.2, 0.25) is 0 Å². The molecule has 4 nitrogen and oxygen atoms in total. The molecule has 0 radical (unpaired) electrons. The van der Waals surface area contributed by atoms with Crippen molar-refractivity contribution in [2.45, 2.75) is 0 Å². The maximum Gasteiger partial charge on any atom is 0.207 e. The van der Waals surface area contributed by atoms with Crippen molar-refractivity contribution in [1.29, 1.82) is 0 Å². The fourth-order valence-electron chi connectivity index (χ4n) is 1.62. The van der Waals surface area contributed by atoms with Gasteiger partial charge in [-0.25, -0.2) is 4.98 Å². The molecule has 0 saturated carbocycles. The smallest absolute Gasteiger partial charge is 0.207 e. The first-order valence-electron chi connectivity index (χ1n) is 5.38. The molecule has 0 aliphatic carbocycles. The molecule has 0 spiro atoms. The van der Waals surface area contributed by atoms with Gasteiger partial charge in [-0.1, -0.05) is 18.2 Å². The molecular formula is C13H15N3O. The van der Waals surface area contributed by atoms with Gasteiger partial charge in [-0.2, -0.15) is 0 Å². The molecule has 17 heavy (non-hydrogen) atoms.